The highest BCUT2D eigenvalue weighted by Crippen LogP contribution is 2.48. The predicted molar refractivity (Wildman–Crippen MR) is 126 cm³/mol. The van der Waals surface area contributed by atoms with Crippen LogP contribution in [0.1, 0.15) is 26.0 Å². The van der Waals surface area contributed by atoms with Crippen LogP contribution in [0.25, 0.3) is 21.9 Å². The van der Waals surface area contributed by atoms with E-state index in [1.807, 2.05) is 37.3 Å². The van der Waals surface area contributed by atoms with Gasteiger partial charge in [0.2, 0.25) is 0 Å². The van der Waals surface area contributed by atoms with Crippen molar-refractivity contribution in [2.75, 3.05) is 17.6 Å². The largest absolute Gasteiger partial charge is 0.488 e. The number of nitrogens with zero attached hydrogens (tertiary/aromatic N) is 4. The minimum absolute atomic E-state index is 0.346. The van der Waals surface area contributed by atoms with Crippen molar-refractivity contribution in [2.24, 2.45) is 0 Å². The Bertz CT molecular complexity index is 1380. The number of benzene rings is 1. The summed E-state index contributed by atoms with van der Waals surface area (Å²) in [6.45, 7) is 2.81. The normalized spacial score (nSPS) is 28.4. The number of pyridine rings is 1. The molecule has 0 unspecified atom stereocenters. The van der Waals surface area contributed by atoms with Gasteiger partial charge in [-0.15, -0.1) is 0 Å². The van der Waals surface area contributed by atoms with Crippen molar-refractivity contribution in [1.82, 2.24) is 19.5 Å². The highest BCUT2D eigenvalue weighted by atomic mass is 16.6. The van der Waals surface area contributed by atoms with E-state index < -0.39 is 30.1 Å². The van der Waals surface area contributed by atoms with Gasteiger partial charge in [0.1, 0.15) is 53.3 Å². The number of nitrogens with two attached hydrogens (primary N) is 1. The Kier molecular flexibility index (Phi) is 4.83. The maximum atomic E-state index is 11.4. The van der Waals surface area contributed by atoms with E-state index in [4.69, 9.17) is 15.2 Å². The number of aromatic nitrogens is 4. The number of aliphatic hydroxyl groups excluding tert-OH is 1. The van der Waals surface area contributed by atoms with Gasteiger partial charge in [0, 0.05) is 24.2 Å². The van der Waals surface area contributed by atoms with Crippen LogP contribution >= 0.6 is 0 Å². The molecule has 5 atom stereocenters. The molecule has 0 radical (unpaired) electrons. The fraction of sp³-hybridized carbons (Fsp3) is 0.375. The van der Waals surface area contributed by atoms with Gasteiger partial charge in [0.15, 0.2) is 6.23 Å². The molecule has 10 heteroatoms. The third-order valence-electron chi connectivity index (χ3n) is 6.85. The number of ether oxygens (including phenoxy) is 2. The molecule has 10 nitrogen and oxygen atoms in total. The average molecular weight is 463 g/mol. The molecule has 1 aliphatic carbocycles. The molecule has 0 bridgehead atoms. The summed E-state index contributed by atoms with van der Waals surface area (Å²) < 4.78 is 14.2. The van der Waals surface area contributed by atoms with Crippen molar-refractivity contribution in [3.63, 3.8) is 0 Å². The second-order valence-corrected chi connectivity index (χ2v) is 8.88. The molecule has 34 heavy (non-hydrogen) atoms. The molecule has 1 aliphatic heterocycles. The van der Waals surface area contributed by atoms with Crippen molar-refractivity contribution in [2.45, 2.75) is 49.9 Å². The van der Waals surface area contributed by atoms with Gasteiger partial charge in [-0.1, -0.05) is 0 Å². The lowest BCUT2D eigenvalue weighted by Crippen LogP contribution is -2.47. The van der Waals surface area contributed by atoms with Crippen LogP contribution in [0.4, 0.5) is 11.6 Å². The third-order valence-corrected chi connectivity index (χ3v) is 6.85. The molecule has 1 saturated heterocycles. The van der Waals surface area contributed by atoms with Gasteiger partial charge in [-0.05, 0) is 50.1 Å². The molecule has 2 aliphatic rings. The second-order valence-electron chi connectivity index (χ2n) is 8.88. The van der Waals surface area contributed by atoms with Gasteiger partial charge < -0.3 is 35.3 Å². The number of anilines is 2. The Hall–Kier alpha value is -3.47. The summed E-state index contributed by atoms with van der Waals surface area (Å²) in [6.07, 6.45) is 0.893. The molecule has 176 valence electrons. The van der Waals surface area contributed by atoms with Crippen molar-refractivity contribution in [3.05, 3.63) is 48.9 Å². The summed E-state index contributed by atoms with van der Waals surface area (Å²) in [6, 6.07) is 11.5. The number of nitrogens with one attached hydrogen (secondary N) is 1. The summed E-state index contributed by atoms with van der Waals surface area (Å²) >= 11 is 0. The lowest BCUT2D eigenvalue weighted by atomic mass is 9.94. The van der Waals surface area contributed by atoms with E-state index in [1.165, 1.54) is 6.33 Å². The highest BCUT2D eigenvalue weighted by molar-refractivity contribution is 5.86. The smallest absolute Gasteiger partial charge is 0.164 e. The molecule has 2 fully saturated rings. The van der Waals surface area contributed by atoms with Crippen molar-refractivity contribution >= 4 is 33.6 Å². The monoisotopic (exact) mass is 462 g/mol. The van der Waals surface area contributed by atoms with Gasteiger partial charge in [-0.25, -0.2) is 15.0 Å². The number of fused-ring (bicyclic) bond motifs is 3. The van der Waals surface area contributed by atoms with Crippen LogP contribution in [0.5, 0.6) is 5.75 Å². The lowest BCUT2D eigenvalue weighted by molar-refractivity contribution is -0.0791. The van der Waals surface area contributed by atoms with Crippen molar-refractivity contribution < 1.29 is 19.7 Å². The fourth-order valence-corrected chi connectivity index (χ4v) is 5.14. The third kappa shape index (κ3) is 3.17. The zero-order valence-corrected chi connectivity index (χ0v) is 18.6. The molecule has 4 aromatic rings. The topological polar surface area (TPSA) is 141 Å². The Morgan fingerprint density at radius 2 is 2.12 bits per heavy atom. The number of nitrogen functional groups attached to an aromatic ring is 1. The molecule has 1 aromatic carbocycles. The minimum Gasteiger partial charge on any atom is -0.488 e. The first-order chi connectivity index (χ1) is 16.5. The number of hydrogen-bond acceptors (Lipinski definition) is 9. The van der Waals surface area contributed by atoms with E-state index in [9.17, 15) is 10.2 Å². The van der Waals surface area contributed by atoms with Crippen molar-refractivity contribution in [3.8, 4) is 5.75 Å². The van der Waals surface area contributed by atoms with Crippen LogP contribution in [0.2, 0.25) is 0 Å². The van der Waals surface area contributed by atoms with E-state index >= 15 is 0 Å². The summed E-state index contributed by atoms with van der Waals surface area (Å²) in [4.78, 5) is 12.9. The highest BCUT2D eigenvalue weighted by Gasteiger charge is 2.62. The summed E-state index contributed by atoms with van der Waals surface area (Å²) in [5.74, 6) is 1.78. The zero-order valence-electron chi connectivity index (χ0n) is 18.6. The van der Waals surface area contributed by atoms with Crippen LogP contribution in [-0.2, 0) is 4.74 Å². The van der Waals surface area contributed by atoms with E-state index in [1.54, 1.807) is 16.8 Å². The van der Waals surface area contributed by atoms with E-state index in [0.717, 1.165) is 23.3 Å². The maximum Gasteiger partial charge on any atom is 0.164 e. The Balaban J connectivity index is 1.27. The van der Waals surface area contributed by atoms with E-state index in [-0.39, 0.29) is 0 Å². The lowest BCUT2D eigenvalue weighted by Gasteiger charge is -2.26. The first kappa shape index (κ1) is 21.1. The molecule has 0 spiro atoms. The first-order valence-electron chi connectivity index (χ1n) is 11.4. The van der Waals surface area contributed by atoms with Gasteiger partial charge in [0.05, 0.1) is 10.9 Å². The van der Waals surface area contributed by atoms with Gasteiger partial charge in [-0.2, -0.15) is 0 Å². The summed E-state index contributed by atoms with van der Waals surface area (Å²) in [5.41, 5.74) is 5.86. The van der Waals surface area contributed by atoms with E-state index in [2.05, 4.69) is 20.3 Å². The summed E-state index contributed by atoms with van der Waals surface area (Å²) in [7, 11) is 0. The van der Waals surface area contributed by atoms with Crippen LogP contribution in [0.15, 0.2) is 48.9 Å². The van der Waals surface area contributed by atoms with Gasteiger partial charge in [0.25, 0.3) is 0 Å². The van der Waals surface area contributed by atoms with Crippen LogP contribution in [0, 0.1) is 0 Å². The summed E-state index contributed by atoms with van der Waals surface area (Å²) in [5, 5.41) is 27.3. The predicted octanol–water partition coefficient (Wildman–Crippen LogP) is 2.22. The Morgan fingerprint density at radius 1 is 1.26 bits per heavy atom. The molecule has 4 heterocycles. The van der Waals surface area contributed by atoms with Crippen molar-refractivity contribution in [1.29, 1.82) is 0 Å². The Morgan fingerprint density at radius 3 is 2.97 bits per heavy atom. The molecular formula is C24H26N6O4. The molecule has 1 saturated carbocycles. The van der Waals surface area contributed by atoms with Gasteiger partial charge in [-0.3, -0.25) is 0 Å². The molecule has 6 rings (SSSR count). The van der Waals surface area contributed by atoms with Crippen LogP contribution in [-0.4, -0.2) is 60.2 Å². The molecule has 5 N–H and O–H groups in total. The average Bonchev–Trinajstić information content (AvgIpc) is 3.47. The standard InChI is InChI=1S/C24H26N6O4/c1-2-26-18-6-4-13-3-5-14(11-16(13)29-18)33-17-7-9-24(32)19(31)23(34-20(17)24)30-10-8-15-21(25)27-12-28-22(15)30/h3-6,8,10-12,17,19-20,23,31-32H,2,7,9H2,1H3,(H,26,29)(H2,25,27,28)/t17-,19-,20+,23+,24-/m0/s1. The van der Waals surface area contributed by atoms with Crippen LogP contribution in [0.3, 0.4) is 0 Å². The molecule has 3 aromatic heterocycles. The van der Waals surface area contributed by atoms with Crippen LogP contribution < -0.4 is 15.8 Å². The van der Waals surface area contributed by atoms with E-state index in [0.29, 0.717) is 35.4 Å². The maximum absolute atomic E-state index is 11.4. The quantitative estimate of drug-likeness (QED) is 0.351. The Labute approximate surface area is 195 Å². The second kappa shape index (κ2) is 7.79. The number of rotatable bonds is 5. The minimum atomic E-state index is -1.43. The number of hydrogen-bond donors (Lipinski definition) is 4. The fourth-order valence-electron chi connectivity index (χ4n) is 5.14. The first-order valence-corrected chi connectivity index (χ1v) is 11.4. The zero-order chi connectivity index (χ0) is 23.4. The molecular weight excluding hydrogens is 436 g/mol. The SMILES string of the molecule is CCNc1ccc2ccc(O[C@H]3CC[C@@]4(O)[C@@H]3O[C@@H](n3ccc5c(N)ncnc53)[C@@H]4O)cc2n1. The van der Waals surface area contributed by atoms with Gasteiger partial charge >= 0.3 is 0 Å². The molecule has 0 amide bonds. The number of aliphatic hydroxyl groups is 2.